The maximum absolute atomic E-state index is 14.2. The Morgan fingerprint density at radius 1 is 1.08 bits per heavy atom. The van der Waals surface area contributed by atoms with Gasteiger partial charge in [0, 0.05) is 44.1 Å². The fourth-order valence-electron chi connectivity index (χ4n) is 2.80. The topological polar surface area (TPSA) is 53.5 Å². The highest BCUT2D eigenvalue weighted by Crippen LogP contribution is 2.22. The molecule has 1 aliphatic rings. The van der Waals surface area contributed by atoms with Gasteiger partial charge in [0.05, 0.1) is 11.3 Å². The van der Waals surface area contributed by atoms with E-state index in [1.807, 2.05) is 4.90 Å². The van der Waals surface area contributed by atoms with Crippen LogP contribution in [-0.4, -0.2) is 47.8 Å². The number of nitrogens with zero attached hydrogens (tertiary/aromatic N) is 3. The normalized spacial score (nSPS) is 14.6. The van der Waals surface area contributed by atoms with Gasteiger partial charge in [-0.05, 0) is 37.3 Å². The Balaban J connectivity index is 1.67. The first kappa shape index (κ1) is 16.1. The molecule has 6 heteroatoms. The van der Waals surface area contributed by atoms with E-state index < -0.39 is 5.82 Å². The molecule has 1 aromatic heterocycles. The van der Waals surface area contributed by atoms with E-state index in [4.69, 9.17) is 0 Å². The van der Waals surface area contributed by atoms with Crippen molar-refractivity contribution in [3.8, 4) is 0 Å². The van der Waals surface area contributed by atoms with Crippen LogP contribution in [0.2, 0.25) is 0 Å². The van der Waals surface area contributed by atoms with Gasteiger partial charge in [-0.15, -0.1) is 0 Å². The summed E-state index contributed by atoms with van der Waals surface area (Å²) < 4.78 is 14.2. The summed E-state index contributed by atoms with van der Waals surface area (Å²) in [5.74, 6) is -0.628. The molecule has 0 aliphatic carbocycles. The number of halogens is 1. The molecular formula is C18H18FN3O2. The van der Waals surface area contributed by atoms with Gasteiger partial charge in [-0.25, -0.2) is 4.39 Å². The second-order valence-corrected chi connectivity index (χ2v) is 5.74. The highest BCUT2D eigenvalue weighted by atomic mass is 19.1. The van der Waals surface area contributed by atoms with Crippen LogP contribution in [0, 0.1) is 5.82 Å². The maximum Gasteiger partial charge on any atom is 0.255 e. The highest BCUT2D eigenvalue weighted by molar-refractivity contribution is 5.95. The van der Waals surface area contributed by atoms with E-state index in [-0.39, 0.29) is 11.7 Å². The van der Waals surface area contributed by atoms with Gasteiger partial charge in [0.25, 0.3) is 5.91 Å². The first-order valence-corrected chi connectivity index (χ1v) is 7.81. The van der Waals surface area contributed by atoms with Crippen molar-refractivity contribution in [2.75, 3.05) is 31.1 Å². The largest absolute Gasteiger partial charge is 0.366 e. The smallest absolute Gasteiger partial charge is 0.255 e. The van der Waals surface area contributed by atoms with Gasteiger partial charge >= 0.3 is 0 Å². The average molecular weight is 327 g/mol. The number of pyridine rings is 1. The van der Waals surface area contributed by atoms with Crippen molar-refractivity contribution in [1.82, 2.24) is 9.88 Å². The lowest BCUT2D eigenvalue weighted by Gasteiger charge is -2.36. The number of piperazine rings is 1. The van der Waals surface area contributed by atoms with E-state index >= 15 is 0 Å². The zero-order valence-corrected chi connectivity index (χ0v) is 13.4. The summed E-state index contributed by atoms with van der Waals surface area (Å²) in [6.45, 7) is 3.53. The second kappa shape index (κ2) is 6.78. The van der Waals surface area contributed by atoms with Crippen LogP contribution < -0.4 is 4.90 Å². The number of carbonyl (C=O) groups excluding carboxylic acids is 2. The number of anilines is 1. The van der Waals surface area contributed by atoms with Crippen molar-refractivity contribution < 1.29 is 14.0 Å². The van der Waals surface area contributed by atoms with Gasteiger partial charge in [0.1, 0.15) is 5.82 Å². The monoisotopic (exact) mass is 327 g/mol. The number of aromatic nitrogens is 1. The number of rotatable bonds is 3. The summed E-state index contributed by atoms with van der Waals surface area (Å²) in [5, 5.41) is 0. The molecule has 1 fully saturated rings. The molecule has 1 aliphatic heterocycles. The van der Waals surface area contributed by atoms with E-state index in [0.717, 1.165) is 0 Å². The molecule has 0 radical (unpaired) electrons. The molecule has 1 saturated heterocycles. The molecule has 2 aromatic rings. The van der Waals surface area contributed by atoms with Gasteiger partial charge in [-0.3, -0.25) is 14.6 Å². The molecule has 0 saturated carbocycles. The number of Topliss-reactive ketones (excluding diaryl/α,β-unsaturated/α-hetero) is 1. The molecule has 0 spiro atoms. The Labute approximate surface area is 139 Å². The number of ketones is 1. The molecule has 24 heavy (non-hydrogen) atoms. The number of hydrogen-bond donors (Lipinski definition) is 0. The average Bonchev–Trinajstić information content (AvgIpc) is 2.62. The predicted octanol–water partition coefficient (Wildman–Crippen LogP) is 2.39. The summed E-state index contributed by atoms with van der Waals surface area (Å²) in [4.78, 5) is 31.3. The van der Waals surface area contributed by atoms with E-state index in [1.54, 1.807) is 41.6 Å². The molecule has 0 bridgehead atoms. The standard InChI is InChI=1S/C18H18FN3O2/c1-13(23)14-4-5-17(16(19)11-14)21-7-9-22(10-8-21)18(24)15-3-2-6-20-12-15/h2-6,11-12H,7-10H2,1H3. The summed E-state index contributed by atoms with van der Waals surface area (Å²) in [6.07, 6.45) is 3.18. The second-order valence-electron chi connectivity index (χ2n) is 5.74. The zero-order valence-electron chi connectivity index (χ0n) is 13.4. The lowest BCUT2D eigenvalue weighted by molar-refractivity contribution is 0.0746. The van der Waals surface area contributed by atoms with Crippen molar-refractivity contribution in [1.29, 1.82) is 0 Å². The van der Waals surface area contributed by atoms with Crippen LogP contribution in [0.25, 0.3) is 0 Å². The third kappa shape index (κ3) is 3.27. The molecule has 1 aromatic carbocycles. The van der Waals surface area contributed by atoms with E-state index in [1.165, 1.54) is 13.0 Å². The van der Waals surface area contributed by atoms with Crippen molar-refractivity contribution in [3.05, 3.63) is 59.7 Å². The van der Waals surface area contributed by atoms with Crippen molar-refractivity contribution in [3.63, 3.8) is 0 Å². The highest BCUT2D eigenvalue weighted by Gasteiger charge is 2.24. The maximum atomic E-state index is 14.2. The number of carbonyl (C=O) groups is 2. The first-order chi connectivity index (χ1) is 11.6. The van der Waals surface area contributed by atoms with Crippen LogP contribution >= 0.6 is 0 Å². The summed E-state index contributed by atoms with van der Waals surface area (Å²) >= 11 is 0. The van der Waals surface area contributed by atoms with Crippen LogP contribution in [0.1, 0.15) is 27.6 Å². The summed E-state index contributed by atoms with van der Waals surface area (Å²) in [7, 11) is 0. The van der Waals surface area contributed by atoms with E-state index in [2.05, 4.69) is 4.98 Å². The van der Waals surface area contributed by atoms with Crippen molar-refractivity contribution in [2.24, 2.45) is 0 Å². The third-order valence-corrected chi connectivity index (χ3v) is 4.17. The molecular weight excluding hydrogens is 309 g/mol. The van der Waals surface area contributed by atoms with Crippen LogP contribution in [0.4, 0.5) is 10.1 Å². The van der Waals surface area contributed by atoms with Crippen LogP contribution in [0.5, 0.6) is 0 Å². The fraction of sp³-hybridized carbons (Fsp3) is 0.278. The molecule has 0 atom stereocenters. The molecule has 0 N–H and O–H groups in total. The van der Waals surface area contributed by atoms with Gasteiger partial charge in [-0.1, -0.05) is 0 Å². The minimum atomic E-state index is -0.408. The Hall–Kier alpha value is -2.76. The van der Waals surface area contributed by atoms with Crippen molar-refractivity contribution in [2.45, 2.75) is 6.92 Å². The zero-order chi connectivity index (χ0) is 17.1. The molecule has 1 amide bonds. The van der Waals surface area contributed by atoms with E-state index in [0.29, 0.717) is 43.0 Å². The Morgan fingerprint density at radius 2 is 1.83 bits per heavy atom. The van der Waals surface area contributed by atoms with Crippen LogP contribution in [-0.2, 0) is 0 Å². The molecule has 0 unspecified atom stereocenters. The van der Waals surface area contributed by atoms with Gasteiger partial charge in [0.15, 0.2) is 5.78 Å². The molecule has 3 rings (SSSR count). The lowest BCUT2D eigenvalue weighted by atomic mass is 10.1. The van der Waals surface area contributed by atoms with Crippen LogP contribution in [0.3, 0.4) is 0 Å². The van der Waals surface area contributed by atoms with Gasteiger partial charge < -0.3 is 9.80 Å². The van der Waals surface area contributed by atoms with Gasteiger partial charge in [0.2, 0.25) is 0 Å². The number of amides is 1. The molecule has 2 heterocycles. The number of benzene rings is 1. The van der Waals surface area contributed by atoms with Crippen LogP contribution in [0.15, 0.2) is 42.7 Å². The Morgan fingerprint density at radius 3 is 2.42 bits per heavy atom. The predicted molar refractivity (Wildman–Crippen MR) is 88.8 cm³/mol. The van der Waals surface area contributed by atoms with E-state index in [9.17, 15) is 14.0 Å². The lowest BCUT2D eigenvalue weighted by Crippen LogP contribution is -2.49. The fourth-order valence-corrected chi connectivity index (χ4v) is 2.80. The minimum absolute atomic E-state index is 0.0600. The van der Waals surface area contributed by atoms with Gasteiger partial charge in [-0.2, -0.15) is 0 Å². The Bertz CT molecular complexity index is 756. The first-order valence-electron chi connectivity index (χ1n) is 7.81. The quantitative estimate of drug-likeness (QED) is 0.812. The molecule has 5 nitrogen and oxygen atoms in total. The van der Waals surface area contributed by atoms with Crippen molar-refractivity contribution >= 4 is 17.4 Å². The summed E-state index contributed by atoms with van der Waals surface area (Å²) in [5.41, 5.74) is 1.39. The number of hydrogen-bond acceptors (Lipinski definition) is 4. The minimum Gasteiger partial charge on any atom is -0.366 e. The summed E-state index contributed by atoms with van der Waals surface area (Å²) in [6, 6.07) is 8.00. The SMILES string of the molecule is CC(=O)c1ccc(N2CCN(C(=O)c3cccnc3)CC2)c(F)c1. The molecule has 124 valence electrons. The Kier molecular flexibility index (Phi) is 4.55. The third-order valence-electron chi connectivity index (χ3n) is 4.17.